The Morgan fingerprint density at radius 2 is 2.43 bits per heavy atom. The third-order valence-corrected chi connectivity index (χ3v) is 4.75. The molecule has 6 heteroatoms. The van der Waals surface area contributed by atoms with Crippen LogP contribution in [0.5, 0.6) is 0 Å². The van der Waals surface area contributed by atoms with Crippen molar-refractivity contribution in [3.63, 3.8) is 0 Å². The lowest BCUT2D eigenvalue weighted by Crippen LogP contribution is -2.33. The molecule has 6 nitrogen and oxygen atoms in total. The van der Waals surface area contributed by atoms with Crippen molar-refractivity contribution in [1.82, 2.24) is 10.3 Å². The van der Waals surface area contributed by atoms with Crippen molar-refractivity contribution in [2.45, 2.75) is 38.6 Å². The molecule has 0 unspecified atom stereocenters. The summed E-state index contributed by atoms with van der Waals surface area (Å²) in [6, 6.07) is 3.81. The van der Waals surface area contributed by atoms with Gasteiger partial charge in [-0.15, -0.1) is 0 Å². The number of aromatic nitrogens is 1. The van der Waals surface area contributed by atoms with Gasteiger partial charge in [0.2, 0.25) is 5.96 Å². The average Bonchev–Trinajstić information content (AvgIpc) is 2.97. The first kappa shape index (κ1) is 13.7. The van der Waals surface area contributed by atoms with Crippen molar-refractivity contribution in [1.29, 1.82) is 5.26 Å². The standard InChI is InChI=1S/C15H20N6/c1-15-5-4-10(7-15)6-12(15)21-14(19-9-16)20-11-2-3-13(17)18-8-11/h2-3,8,10,12H,4-7H2,1H3,(H2,17,18)(H2,19,20,21)/t10-,12+,15-/m1/s1. The first-order chi connectivity index (χ1) is 10.1. The summed E-state index contributed by atoms with van der Waals surface area (Å²) in [5.41, 5.74) is 6.62. The minimum absolute atomic E-state index is 0.279. The van der Waals surface area contributed by atoms with Crippen molar-refractivity contribution < 1.29 is 0 Å². The number of anilines is 2. The van der Waals surface area contributed by atoms with Gasteiger partial charge in [-0.05, 0) is 49.1 Å². The van der Waals surface area contributed by atoms with Crippen molar-refractivity contribution in [2.24, 2.45) is 16.3 Å². The molecule has 2 aliphatic carbocycles. The fourth-order valence-electron chi connectivity index (χ4n) is 3.63. The van der Waals surface area contributed by atoms with Gasteiger partial charge in [0.1, 0.15) is 5.82 Å². The molecule has 0 amide bonds. The van der Waals surface area contributed by atoms with E-state index >= 15 is 0 Å². The van der Waals surface area contributed by atoms with E-state index in [4.69, 9.17) is 16.0 Å². The normalized spacial score (nSPS) is 31.0. The molecule has 0 radical (unpaired) electrons. The van der Waals surface area contributed by atoms with Gasteiger partial charge in [-0.2, -0.15) is 5.26 Å². The molecule has 2 saturated carbocycles. The molecule has 2 aliphatic rings. The Bertz CT molecular complexity index is 587. The minimum atomic E-state index is 0.279. The molecule has 1 aromatic heterocycles. The molecular weight excluding hydrogens is 264 g/mol. The largest absolute Gasteiger partial charge is 0.384 e. The Morgan fingerprint density at radius 3 is 3.00 bits per heavy atom. The summed E-state index contributed by atoms with van der Waals surface area (Å²) >= 11 is 0. The van der Waals surface area contributed by atoms with Crippen LogP contribution in [0.2, 0.25) is 0 Å². The lowest BCUT2D eigenvalue weighted by molar-refractivity contribution is 0.283. The molecule has 4 N–H and O–H groups in total. The van der Waals surface area contributed by atoms with Crippen LogP contribution in [0.25, 0.3) is 0 Å². The summed E-state index contributed by atoms with van der Waals surface area (Å²) in [6.45, 7) is 2.31. The van der Waals surface area contributed by atoms with Gasteiger partial charge in [-0.3, -0.25) is 5.32 Å². The second-order valence-corrected chi connectivity index (χ2v) is 6.33. The topological polar surface area (TPSA) is 99.1 Å². The minimum Gasteiger partial charge on any atom is -0.384 e. The van der Waals surface area contributed by atoms with Gasteiger partial charge in [0.25, 0.3) is 0 Å². The number of pyridine rings is 1. The Balaban J connectivity index is 1.77. The Morgan fingerprint density at radius 1 is 1.57 bits per heavy atom. The molecule has 3 atom stereocenters. The number of nitrogens with two attached hydrogens (primary N) is 1. The van der Waals surface area contributed by atoms with Gasteiger partial charge in [0.05, 0.1) is 17.9 Å². The van der Waals surface area contributed by atoms with Crippen LogP contribution in [0.1, 0.15) is 32.6 Å². The first-order valence-corrected chi connectivity index (χ1v) is 7.30. The predicted octanol–water partition coefficient (Wildman–Crippen LogP) is 2.08. The molecule has 2 fully saturated rings. The second kappa shape index (κ2) is 5.24. The number of nitriles is 1. The maximum Gasteiger partial charge on any atom is 0.209 e. The Kier molecular flexibility index (Phi) is 3.42. The zero-order valence-corrected chi connectivity index (χ0v) is 12.1. The second-order valence-electron chi connectivity index (χ2n) is 6.33. The molecule has 0 aliphatic heterocycles. The molecule has 0 spiro atoms. The van der Waals surface area contributed by atoms with Gasteiger partial charge >= 0.3 is 0 Å². The number of nitrogens with one attached hydrogen (secondary N) is 2. The van der Waals surface area contributed by atoms with Gasteiger partial charge in [-0.25, -0.2) is 9.98 Å². The summed E-state index contributed by atoms with van der Waals surface area (Å²) in [5.74, 6) is 1.75. The fraction of sp³-hybridized carbons (Fsp3) is 0.533. The van der Waals surface area contributed by atoms with Crippen molar-refractivity contribution in [3.8, 4) is 6.19 Å². The third-order valence-electron chi connectivity index (χ3n) is 4.75. The van der Waals surface area contributed by atoms with Gasteiger partial charge in [-0.1, -0.05) is 6.92 Å². The molecule has 0 saturated heterocycles. The highest BCUT2D eigenvalue weighted by molar-refractivity contribution is 5.94. The summed E-state index contributed by atoms with van der Waals surface area (Å²) in [7, 11) is 0. The van der Waals surface area contributed by atoms with Crippen LogP contribution < -0.4 is 16.4 Å². The van der Waals surface area contributed by atoms with E-state index in [9.17, 15) is 0 Å². The van der Waals surface area contributed by atoms with Crippen molar-refractivity contribution in [3.05, 3.63) is 18.3 Å². The van der Waals surface area contributed by atoms with E-state index in [0.29, 0.717) is 11.8 Å². The molecular formula is C15H20N6. The molecule has 2 bridgehead atoms. The predicted molar refractivity (Wildman–Crippen MR) is 82.3 cm³/mol. The number of hydrogen-bond donors (Lipinski definition) is 3. The van der Waals surface area contributed by atoms with Crippen LogP contribution in [0.4, 0.5) is 11.5 Å². The summed E-state index contributed by atoms with van der Waals surface area (Å²) in [4.78, 5) is 8.78. The zero-order chi connectivity index (χ0) is 14.9. The lowest BCUT2D eigenvalue weighted by atomic mass is 9.82. The van der Waals surface area contributed by atoms with Gasteiger partial charge < -0.3 is 11.1 Å². The summed E-state index contributed by atoms with van der Waals surface area (Å²) in [6.07, 6.45) is 8.50. The zero-order valence-electron chi connectivity index (χ0n) is 12.1. The summed E-state index contributed by atoms with van der Waals surface area (Å²) < 4.78 is 0. The monoisotopic (exact) mass is 284 g/mol. The van der Waals surface area contributed by atoms with Crippen LogP contribution >= 0.6 is 0 Å². The number of aliphatic imine (C=N–C) groups is 1. The van der Waals surface area contributed by atoms with Crippen LogP contribution in [-0.4, -0.2) is 17.0 Å². The molecule has 21 heavy (non-hydrogen) atoms. The number of nitrogens with zero attached hydrogens (tertiary/aromatic N) is 3. The number of guanidine groups is 1. The fourth-order valence-corrected chi connectivity index (χ4v) is 3.63. The SMILES string of the molecule is C[C@]12CC[C@H](C[C@@H]1N=C(NC#N)Nc1ccc(N)nc1)C2. The van der Waals surface area contributed by atoms with E-state index in [2.05, 4.69) is 22.5 Å². The lowest BCUT2D eigenvalue weighted by Gasteiger charge is -2.28. The van der Waals surface area contributed by atoms with E-state index < -0.39 is 0 Å². The third kappa shape index (κ3) is 2.77. The number of nitrogen functional groups attached to an aromatic ring is 1. The highest BCUT2D eigenvalue weighted by Gasteiger charge is 2.48. The highest BCUT2D eigenvalue weighted by atomic mass is 15.2. The van der Waals surface area contributed by atoms with Gasteiger partial charge in [0, 0.05) is 0 Å². The van der Waals surface area contributed by atoms with Gasteiger partial charge in [0.15, 0.2) is 6.19 Å². The van der Waals surface area contributed by atoms with E-state index in [0.717, 1.165) is 18.0 Å². The van der Waals surface area contributed by atoms with E-state index in [1.54, 1.807) is 12.3 Å². The van der Waals surface area contributed by atoms with Crippen molar-refractivity contribution >= 4 is 17.5 Å². The molecule has 0 aromatic carbocycles. The smallest absolute Gasteiger partial charge is 0.209 e. The van der Waals surface area contributed by atoms with Crippen LogP contribution in [0.15, 0.2) is 23.3 Å². The average molecular weight is 284 g/mol. The molecule has 1 aromatic rings. The maximum atomic E-state index is 8.91. The maximum absolute atomic E-state index is 8.91. The molecule has 1 heterocycles. The molecule has 3 rings (SSSR count). The van der Waals surface area contributed by atoms with Crippen molar-refractivity contribution in [2.75, 3.05) is 11.1 Å². The van der Waals surface area contributed by atoms with E-state index in [-0.39, 0.29) is 11.5 Å². The Hall–Kier alpha value is -2.29. The number of hydrogen-bond acceptors (Lipinski definition) is 4. The number of rotatable bonds is 2. The van der Waals surface area contributed by atoms with Crippen LogP contribution in [0.3, 0.4) is 0 Å². The Labute approximate surface area is 124 Å². The summed E-state index contributed by atoms with van der Waals surface area (Å²) in [5, 5.41) is 14.7. The van der Waals surface area contributed by atoms with Crippen LogP contribution in [-0.2, 0) is 0 Å². The van der Waals surface area contributed by atoms with E-state index in [1.807, 2.05) is 12.3 Å². The highest BCUT2D eigenvalue weighted by Crippen LogP contribution is 2.55. The number of fused-ring (bicyclic) bond motifs is 2. The molecule has 110 valence electrons. The van der Waals surface area contributed by atoms with E-state index in [1.165, 1.54) is 19.3 Å². The quantitative estimate of drug-likeness (QED) is 0.334. The van der Waals surface area contributed by atoms with Crippen LogP contribution in [0, 0.1) is 22.8 Å². The first-order valence-electron chi connectivity index (χ1n) is 7.30.